The summed E-state index contributed by atoms with van der Waals surface area (Å²) >= 11 is 0. The molecule has 0 heterocycles. The van der Waals surface area contributed by atoms with Crippen molar-refractivity contribution in [3.05, 3.63) is 0 Å². The highest BCUT2D eigenvalue weighted by Gasteiger charge is 2.18. The number of nitrogens with one attached hydrogen (secondary N) is 1. The van der Waals surface area contributed by atoms with E-state index in [-0.39, 0.29) is 0 Å². The van der Waals surface area contributed by atoms with Crippen molar-refractivity contribution >= 4 is 0 Å². The Bertz CT molecular complexity index is 133. The third-order valence-electron chi connectivity index (χ3n) is 3.41. The molecule has 14 heavy (non-hydrogen) atoms. The summed E-state index contributed by atoms with van der Waals surface area (Å²) in [7, 11) is 0. The van der Waals surface area contributed by atoms with Gasteiger partial charge in [0.05, 0.1) is 0 Å². The van der Waals surface area contributed by atoms with E-state index in [4.69, 9.17) is 0 Å². The molecule has 0 aromatic rings. The zero-order valence-corrected chi connectivity index (χ0v) is 10.0. The normalized spacial score (nSPS) is 28.7. The van der Waals surface area contributed by atoms with Crippen molar-refractivity contribution in [1.82, 2.24) is 5.32 Å². The first-order valence-corrected chi connectivity index (χ1v) is 6.60. The fourth-order valence-corrected chi connectivity index (χ4v) is 2.67. The van der Waals surface area contributed by atoms with Crippen LogP contribution in [0.15, 0.2) is 0 Å². The summed E-state index contributed by atoms with van der Waals surface area (Å²) in [6.07, 6.45) is 11.3. The summed E-state index contributed by atoms with van der Waals surface area (Å²) < 4.78 is 0. The molecule has 0 aromatic heterocycles. The minimum Gasteiger partial charge on any atom is -0.314 e. The molecule has 1 fully saturated rings. The van der Waals surface area contributed by atoms with Crippen LogP contribution in [0.1, 0.15) is 65.2 Å². The highest BCUT2D eigenvalue weighted by atomic mass is 14.9. The van der Waals surface area contributed by atoms with Gasteiger partial charge in [-0.1, -0.05) is 46.0 Å². The van der Waals surface area contributed by atoms with Gasteiger partial charge >= 0.3 is 0 Å². The lowest BCUT2D eigenvalue weighted by Gasteiger charge is -2.20. The van der Waals surface area contributed by atoms with Gasteiger partial charge < -0.3 is 5.32 Å². The maximum atomic E-state index is 3.70. The van der Waals surface area contributed by atoms with Crippen molar-refractivity contribution in [2.24, 2.45) is 5.92 Å². The minimum absolute atomic E-state index is 0.828. The Balaban J connectivity index is 2.27. The first-order valence-electron chi connectivity index (χ1n) is 6.60. The van der Waals surface area contributed by atoms with Crippen LogP contribution in [0.25, 0.3) is 0 Å². The quantitative estimate of drug-likeness (QED) is 0.662. The van der Waals surface area contributed by atoms with E-state index in [0.29, 0.717) is 0 Å². The van der Waals surface area contributed by atoms with E-state index in [9.17, 15) is 0 Å². The SMILES string of the molecule is CCCNC1CCCCC(CCC)C1. The average molecular weight is 197 g/mol. The van der Waals surface area contributed by atoms with Crippen LogP contribution in [0.2, 0.25) is 0 Å². The maximum absolute atomic E-state index is 3.70. The van der Waals surface area contributed by atoms with Gasteiger partial charge in [-0.05, 0) is 31.7 Å². The summed E-state index contributed by atoms with van der Waals surface area (Å²) in [6.45, 7) is 5.79. The van der Waals surface area contributed by atoms with Crippen molar-refractivity contribution in [3.8, 4) is 0 Å². The molecule has 0 aromatic carbocycles. The molecule has 1 aliphatic carbocycles. The molecule has 1 N–H and O–H groups in total. The van der Waals surface area contributed by atoms with Crippen LogP contribution in [0.3, 0.4) is 0 Å². The van der Waals surface area contributed by atoms with Gasteiger partial charge in [0, 0.05) is 6.04 Å². The van der Waals surface area contributed by atoms with Gasteiger partial charge in [0.1, 0.15) is 0 Å². The molecule has 1 aliphatic rings. The summed E-state index contributed by atoms with van der Waals surface area (Å²) in [5, 5.41) is 3.70. The van der Waals surface area contributed by atoms with Gasteiger partial charge in [-0.3, -0.25) is 0 Å². The second-order valence-corrected chi connectivity index (χ2v) is 4.83. The molecule has 0 saturated heterocycles. The molecule has 1 nitrogen and oxygen atoms in total. The maximum Gasteiger partial charge on any atom is 0.00696 e. The molecule has 2 atom stereocenters. The lowest BCUT2D eigenvalue weighted by molar-refractivity contribution is 0.366. The molecular weight excluding hydrogens is 170 g/mol. The zero-order chi connectivity index (χ0) is 10.2. The van der Waals surface area contributed by atoms with Crippen molar-refractivity contribution in [1.29, 1.82) is 0 Å². The van der Waals surface area contributed by atoms with Gasteiger partial charge in [0.15, 0.2) is 0 Å². The molecule has 0 radical (unpaired) electrons. The van der Waals surface area contributed by atoms with E-state index in [1.807, 2.05) is 0 Å². The van der Waals surface area contributed by atoms with Crippen LogP contribution >= 0.6 is 0 Å². The number of hydrogen-bond donors (Lipinski definition) is 1. The van der Waals surface area contributed by atoms with Crippen molar-refractivity contribution in [2.75, 3.05) is 6.54 Å². The Kier molecular flexibility index (Phi) is 6.25. The Hall–Kier alpha value is -0.0400. The van der Waals surface area contributed by atoms with Crippen LogP contribution in [0, 0.1) is 5.92 Å². The third-order valence-corrected chi connectivity index (χ3v) is 3.41. The van der Waals surface area contributed by atoms with Crippen LogP contribution < -0.4 is 5.32 Å². The fourth-order valence-electron chi connectivity index (χ4n) is 2.67. The summed E-state index contributed by atoms with van der Waals surface area (Å²) in [5.41, 5.74) is 0. The largest absolute Gasteiger partial charge is 0.314 e. The van der Waals surface area contributed by atoms with Crippen LogP contribution in [-0.4, -0.2) is 12.6 Å². The predicted molar refractivity (Wildman–Crippen MR) is 63.6 cm³/mol. The van der Waals surface area contributed by atoms with E-state index in [1.165, 1.54) is 57.9 Å². The van der Waals surface area contributed by atoms with E-state index in [1.54, 1.807) is 0 Å². The van der Waals surface area contributed by atoms with Gasteiger partial charge in [-0.2, -0.15) is 0 Å². The van der Waals surface area contributed by atoms with Crippen molar-refractivity contribution < 1.29 is 0 Å². The monoisotopic (exact) mass is 197 g/mol. The molecule has 0 spiro atoms. The molecule has 1 rings (SSSR count). The van der Waals surface area contributed by atoms with E-state index >= 15 is 0 Å². The molecule has 0 aliphatic heterocycles. The molecule has 0 amide bonds. The van der Waals surface area contributed by atoms with Gasteiger partial charge in [-0.15, -0.1) is 0 Å². The van der Waals surface area contributed by atoms with Crippen LogP contribution in [0.5, 0.6) is 0 Å². The predicted octanol–water partition coefficient (Wildman–Crippen LogP) is 3.74. The zero-order valence-electron chi connectivity index (χ0n) is 10.0. The van der Waals surface area contributed by atoms with Gasteiger partial charge in [-0.25, -0.2) is 0 Å². The average Bonchev–Trinajstić information content (AvgIpc) is 2.41. The van der Waals surface area contributed by atoms with E-state index in [0.717, 1.165) is 12.0 Å². The third kappa shape index (κ3) is 4.45. The van der Waals surface area contributed by atoms with Crippen LogP contribution in [-0.2, 0) is 0 Å². The second-order valence-electron chi connectivity index (χ2n) is 4.83. The molecule has 1 heteroatoms. The molecule has 2 unspecified atom stereocenters. The lowest BCUT2D eigenvalue weighted by Crippen LogP contribution is -2.30. The first-order chi connectivity index (χ1) is 6.86. The Labute approximate surface area is 89.7 Å². The number of hydrogen-bond acceptors (Lipinski definition) is 1. The topological polar surface area (TPSA) is 12.0 Å². The highest BCUT2D eigenvalue weighted by Crippen LogP contribution is 2.26. The van der Waals surface area contributed by atoms with E-state index in [2.05, 4.69) is 19.2 Å². The summed E-state index contributed by atoms with van der Waals surface area (Å²) in [6, 6.07) is 0.828. The van der Waals surface area contributed by atoms with E-state index < -0.39 is 0 Å². The minimum atomic E-state index is 0.828. The Morgan fingerprint density at radius 3 is 2.57 bits per heavy atom. The summed E-state index contributed by atoms with van der Waals surface area (Å²) in [4.78, 5) is 0. The first kappa shape index (κ1) is 12.0. The Morgan fingerprint density at radius 1 is 1.07 bits per heavy atom. The molecular formula is C13H27N. The second kappa shape index (κ2) is 7.28. The number of rotatable bonds is 5. The molecule has 0 bridgehead atoms. The fraction of sp³-hybridized carbons (Fsp3) is 1.00. The standard InChI is InChI=1S/C13H27N/c1-3-7-12-8-5-6-9-13(11-12)14-10-4-2/h12-14H,3-11H2,1-2H3. The lowest BCUT2D eigenvalue weighted by atomic mass is 9.93. The Morgan fingerprint density at radius 2 is 1.86 bits per heavy atom. The summed E-state index contributed by atoms with van der Waals surface area (Å²) in [5.74, 6) is 1.01. The molecule has 1 saturated carbocycles. The molecule has 84 valence electrons. The van der Waals surface area contributed by atoms with Gasteiger partial charge in [0.2, 0.25) is 0 Å². The van der Waals surface area contributed by atoms with Gasteiger partial charge in [0.25, 0.3) is 0 Å². The van der Waals surface area contributed by atoms with Crippen molar-refractivity contribution in [2.45, 2.75) is 71.3 Å². The highest BCUT2D eigenvalue weighted by molar-refractivity contribution is 4.75. The smallest absolute Gasteiger partial charge is 0.00696 e. The van der Waals surface area contributed by atoms with Crippen molar-refractivity contribution in [3.63, 3.8) is 0 Å². The van der Waals surface area contributed by atoms with Crippen LogP contribution in [0.4, 0.5) is 0 Å².